The zero-order valence-electron chi connectivity index (χ0n) is 17.4. The first-order chi connectivity index (χ1) is 15.4. The van der Waals surface area contributed by atoms with Crippen molar-refractivity contribution in [2.45, 2.75) is 6.92 Å². The number of anilines is 1. The number of nitrogens with zero attached hydrogens (tertiary/aromatic N) is 5. The Kier molecular flexibility index (Phi) is 15.2. The molecule has 4 heterocycles. The van der Waals surface area contributed by atoms with Crippen molar-refractivity contribution in [1.29, 1.82) is 0 Å². The van der Waals surface area contributed by atoms with Gasteiger partial charge in [-0.25, -0.2) is 23.7 Å². The molecular formula is C18H25Cl3F2N6O3. The molecule has 2 aromatic rings. The zero-order valence-corrected chi connectivity index (χ0v) is 19.7. The number of rotatable bonds is 1. The van der Waals surface area contributed by atoms with E-state index < -0.39 is 11.6 Å². The molecule has 2 aliphatic heterocycles. The van der Waals surface area contributed by atoms with Gasteiger partial charge in [0.15, 0.2) is 22.6 Å². The van der Waals surface area contributed by atoms with E-state index in [0.717, 1.165) is 38.7 Å². The summed E-state index contributed by atoms with van der Waals surface area (Å²) in [6, 6.07) is 0. The molecule has 0 amide bonds. The third-order valence-electron chi connectivity index (χ3n) is 3.53. The van der Waals surface area contributed by atoms with Crippen molar-refractivity contribution < 1.29 is 23.4 Å². The van der Waals surface area contributed by atoms with Gasteiger partial charge in [0, 0.05) is 32.8 Å². The summed E-state index contributed by atoms with van der Waals surface area (Å²) in [5.41, 5.74) is 0. The lowest BCUT2D eigenvalue weighted by Crippen LogP contribution is -2.37. The number of aromatic nitrogens is 4. The molecule has 0 radical (unpaired) electrons. The average molecular weight is 518 g/mol. The molecule has 180 valence electrons. The van der Waals surface area contributed by atoms with E-state index >= 15 is 0 Å². The van der Waals surface area contributed by atoms with Crippen LogP contribution in [0.1, 0.15) is 6.92 Å². The summed E-state index contributed by atoms with van der Waals surface area (Å²) in [5.74, 6) is -0.856. The molecule has 2 N–H and O–H groups in total. The van der Waals surface area contributed by atoms with E-state index in [9.17, 15) is 8.78 Å². The highest BCUT2D eigenvalue weighted by Gasteiger charge is 2.17. The number of nitrogens with one attached hydrogen (secondary N) is 1. The minimum atomic E-state index is -0.666. The van der Waals surface area contributed by atoms with Gasteiger partial charge in [0.1, 0.15) is 0 Å². The maximum Gasteiger partial charge on any atom is 0.224 e. The second kappa shape index (κ2) is 17.1. The van der Waals surface area contributed by atoms with Gasteiger partial charge in [-0.15, -0.1) is 0 Å². The number of halogens is 5. The van der Waals surface area contributed by atoms with Gasteiger partial charge in [-0.05, 0) is 30.1 Å². The van der Waals surface area contributed by atoms with E-state index in [-0.39, 0.29) is 28.1 Å². The summed E-state index contributed by atoms with van der Waals surface area (Å²) in [5, 5.41) is 10.5. The van der Waals surface area contributed by atoms with Crippen LogP contribution in [0.3, 0.4) is 0 Å². The van der Waals surface area contributed by atoms with Crippen molar-refractivity contribution in [1.82, 2.24) is 25.3 Å². The molecule has 0 saturated carbocycles. The van der Waals surface area contributed by atoms with Crippen molar-refractivity contribution in [2.75, 3.05) is 64.1 Å². The topological polar surface area (TPSA) is 106 Å². The van der Waals surface area contributed by atoms with Crippen LogP contribution in [-0.2, 0) is 9.47 Å². The summed E-state index contributed by atoms with van der Waals surface area (Å²) >= 11 is 16.0. The molecule has 0 atom stereocenters. The molecule has 2 aromatic heterocycles. The lowest BCUT2D eigenvalue weighted by Gasteiger charge is -2.27. The van der Waals surface area contributed by atoms with Crippen LogP contribution in [0.15, 0.2) is 12.4 Å². The zero-order chi connectivity index (χ0) is 23.8. The second-order valence-electron chi connectivity index (χ2n) is 5.87. The molecule has 0 spiro atoms. The third kappa shape index (κ3) is 12.0. The molecule has 4 rings (SSSR count). The Bertz CT molecular complexity index is 776. The number of hydrogen-bond acceptors (Lipinski definition) is 9. The fourth-order valence-electron chi connectivity index (χ4n) is 2.18. The van der Waals surface area contributed by atoms with E-state index in [4.69, 9.17) is 49.4 Å². The van der Waals surface area contributed by atoms with Gasteiger partial charge in [-0.1, -0.05) is 11.6 Å². The molecule has 2 aliphatic rings. The van der Waals surface area contributed by atoms with E-state index in [1.807, 2.05) is 0 Å². The van der Waals surface area contributed by atoms with Crippen LogP contribution in [0.4, 0.5) is 14.6 Å². The number of ether oxygens (including phenoxy) is 2. The van der Waals surface area contributed by atoms with Crippen LogP contribution >= 0.6 is 34.8 Å². The van der Waals surface area contributed by atoms with Crippen LogP contribution in [0.5, 0.6) is 0 Å². The Morgan fingerprint density at radius 3 is 1.88 bits per heavy atom. The lowest BCUT2D eigenvalue weighted by atomic mass is 10.4. The van der Waals surface area contributed by atoms with Gasteiger partial charge in [0.25, 0.3) is 0 Å². The Labute approximate surface area is 200 Å². The van der Waals surface area contributed by atoms with Crippen molar-refractivity contribution in [3.05, 3.63) is 39.7 Å². The Morgan fingerprint density at radius 1 is 0.938 bits per heavy atom. The van der Waals surface area contributed by atoms with Crippen molar-refractivity contribution in [3.8, 4) is 0 Å². The molecular weight excluding hydrogens is 493 g/mol. The van der Waals surface area contributed by atoms with E-state index in [0.29, 0.717) is 26.3 Å². The molecule has 0 aliphatic carbocycles. The van der Waals surface area contributed by atoms with Crippen LogP contribution in [-0.4, -0.2) is 84.3 Å². The maximum absolute atomic E-state index is 13.3. The lowest BCUT2D eigenvalue weighted by molar-refractivity contribution is 0.109. The van der Waals surface area contributed by atoms with Crippen LogP contribution in [0.2, 0.25) is 15.7 Å². The van der Waals surface area contributed by atoms with Gasteiger partial charge >= 0.3 is 0 Å². The normalized spacial score (nSPS) is 15.3. The van der Waals surface area contributed by atoms with Crippen LogP contribution < -0.4 is 10.2 Å². The maximum atomic E-state index is 13.3. The molecule has 14 heteroatoms. The van der Waals surface area contributed by atoms with Gasteiger partial charge < -0.3 is 24.8 Å². The number of hydrogen-bond donors (Lipinski definition) is 2. The van der Waals surface area contributed by atoms with Crippen molar-refractivity contribution in [3.63, 3.8) is 0 Å². The van der Waals surface area contributed by atoms with E-state index in [1.165, 1.54) is 0 Å². The first-order valence-electron chi connectivity index (χ1n) is 9.62. The van der Waals surface area contributed by atoms with E-state index in [2.05, 4.69) is 25.3 Å². The van der Waals surface area contributed by atoms with Crippen LogP contribution in [0, 0.1) is 11.6 Å². The molecule has 9 nitrogen and oxygen atoms in total. The second-order valence-corrected chi connectivity index (χ2v) is 6.90. The predicted molar refractivity (Wildman–Crippen MR) is 118 cm³/mol. The molecule has 0 aromatic carbocycles. The van der Waals surface area contributed by atoms with Gasteiger partial charge in [-0.3, -0.25) is 0 Å². The molecule has 0 bridgehead atoms. The largest absolute Gasteiger partial charge is 0.397 e. The van der Waals surface area contributed by atoms with E-state index in [1.54, 1.807) is 11.8 Å². The highest BCUT2D eigenvalue weighted by Crippen LogP contribution is 2.18. The van der Waals surface area contributed by atoms with Crippen LogP contribution in [0.25, 0.3) is 0 Å². The number of morpholine rings is 2. The summed E-state index contributed by atoms with van der Waals surface area (Å²) < 4.78 is 35.6. The molecule has 2 saturated heterocycles. The SMILES string of the molecule is C1COCCN1.CCO.Fc1cnc(Cl)nc1Cl.Fc1cnc(Cl)nc1N1CCOCC1. The fraction of sp³-hybridized carbons (Fsp3) is 0.556. The van der Waals surface area contributed by atoms with Crippen molar-refractivity contribution >= 4 is 40.6 Å². The smallest absolute Gasteiger partial charge is 0.224 e. The fourth-order valence-corrected chi connectivity index (χ4v) is 2.61. The summed E-state index contributed by atoms with van der Waals surface area (Å²) in [4.78, 5) is 15.9. The molecule has 32 heavy (non-hydrogen) atoms. The summed E-state index contributed by atoms with van der Waals surface area (Å²) in [6.45, 7) is 8.19. The monoisotopic (exact) mass is 516 g/mol. The van der Waals surface area contributed by atoms with Gasteiger partial charge in [0.2, 0.25) is 10.6 Å². The minimum Gasteiger partial charge on any atom is -0.397 e. The highest BCUT2D eigenvalue weighted by atomic mass is 35.5. The van der Waals surface area contributed by atoms with Gasteiger partial charge in [0.05, 0.1) is 38.8 Å². The average Bonchev–Trinajstić information content (AvgIpc) is 2.81. The standard InChI is InChI=1S/C8H9ClFN3O.C4HCl2FN2.C4H9NO.C2H6O/c9-8-11-5-6(10)7(12-8)13-1-3-14-4-2-13;5-3-2(7)1-8-4(6)9-3;1-3-6-4-2-5-1;1-2-3/h5H,1-4H2;1H;5H,1-4H2;3H,2H2,1H3. The quantitative estimate of drug-likeness (QED) is 0.436. The Balaban J connectivity index is 0.000000244. The first kappa shape index (κ1) is 28.6. The molecule has 2 fully saturated rings. The Hall–Kier alpha value is -1.47. The first-order valence-corrected chi connectivity index (χ1v) is 10.8. The summed E-state index contributed by atoms with van der Waals surface area (Å²) in [6.07, 6.45) is 2.00. The highest BCUT2D eigenvalue weighted by molar-refractivity contribution is 6.31. The number of aliphatic hydroxyl groups is 1. The minimum absolute atomic E-state index is 0.0543. The Morgan fingerprint density at radius 2 is 1.44 bits per heavy atom. The summed E-state index contributed by atoms with van der Waals surface area (Å²) in [7, 11) is 0. The molecule has 0 unspecified atom stereocenters. The van der Waals surface area contributed by atoms with Crippen molar-refractivity contribution in [2.24, 2.45) is 0 Å². The number of aliphatic hydroxyl groups excluding tert-OH is 1. The third-order valence-corrected chi connectivity index (χ3v) is 4.15. The predicted octanol–water partition coefficient (Wildman–Crippen LogP) is 2.63. The van der Waals surface area contributed by atoms with Gasteiger partial charge in [-0.2, -0.15) is 4.98 Å².